The van der Waals surface area contributed by atoms with Crippen LogP contribution < -0.4 is 20.1 Å². The van der Waals surface area contributed by atoms with Crippen molar-refractivity contribution in [2.75, 3.05) is 44.5 Å². The van der Waals surface area contributed by atoms with Gasteiger partial charge >= 0.3 is 6.03 Å². The Hall–Kier alpha value is -4.57. The van der Waals surface area contributed by atoms with Crippen LogP contribution in [-0.2, 0) is 22.4 Å². The van der Waals surface area contributed by atoms with Gasteiger partial charge in [0.05, 0.1) is 39.1 Å². The summed E-state index contributed by atoms with van der Waals surface area (Å²) in [5.74, 6) is 0.692. The number of anilines is 2. The van der Waals surface area contributed by atoms with Crippen LogP contribution in [0.4, 0.5) is 16.2 Å². The van der Waals surface area contributed by atoms with Crippen LogP contribution in [0.25, 0.3) is 0 Å². The number of fused-ring (bicyclic) bond motifs is 1. The number of carbonyl (C=O) groups is 3. The molecule has 10 heteroatoms. The molecule has 228 valence electrons. The van der Waals surface area contributed by atoms with Gasteiger partial charge in [0.1, 0.15) is 17.6 Å². The second-order valence-corrected chi connectivity index (χ2v) is 11.0. The number of ether oxygens (including phenoxy) is 2. The average molecular weight is 589 g/mol. The van der Waals surface area contributed by atoms with Gasteiger partial charge in [-0.05, 0) is 55.0 Å². The first kappa shape index (κ1) is 31.4. The summed E-state index contributed by atoms with van der Waals surface area (Å²) < 4.78 is 11.7. The lowest BCUT2D eigenvalue weighted by Crippen LogP contribution is -2.48. The van der Waals surface area contributed by atoms with Crippen LogP contribution in [0.5, 0.6) is 11.5 Å². The van der Waals surface area contributed by atoms with E-state index in [9.17, 15) is 19.5 Å². The van der Waals surface area contributed by atoms with Crippen LogP contribution in [0.2, 0.25) is 0 Å². The smallest absolute Gasteiger partial charge is 0.321 e. The minimum Gasteiger partial charge on any atom is -0.497 e. The van der Waals surface area contributed by atoms with Gasteiger partial charge in [-0.3, -0.25) is 9.59 Å². The first-order chi connectivity index (χ1) is 20.7. The second-order valence-electron chi connectivity index (χ2n) is 11.0. The summed E-state index contributed by atoms with van der Waals surface area (Å²) >= 11 is 0. The highest BCUT2D eigenvalue weighted by Gasteiger charge is 2.32. The average Bonchev–Trinajstić information content (AvgIpc) is 3.04. The molecule has 10 nitrogen and oxygen atoms in total. The topological polar surface area (TPSA) is 120 Å². The number of carbonyl (C=O) groups excluding carboxylic acids is 3. The lowest BCUT2D eigenvalue weighted by Gasteiger charge is -2.34. The van der Waals surface area contributed by atoms with Gasteiger partial charge in [-0.2, -0.15) is 0 Å². The largest absolute Gasteiger partial charge is 0.497 e. The predicted octanol–water partition coefficient (Wildman–Crippen LogP) is 4.19. The van der Waals surface area contributed by atoms with E-state index in [0.29, 0.717) is 35.0 Å². The molecule has 0 aliphatic carbocycles. The Kier molecular flexibility index (Phi) is 10.6. The maximum atomic E-state index is 13.5. The first-order valence-corrected chi connectivity index (χ1v) is 14.4. The molecule has 1 aliphatic rings. The third-order valence-corrected chi connectivity index (χ3v) is 7.55. The lowest BCUT2D eigenvalue weighted by atomic mass is 10.0. The molecule has 3 N–H and O–H groups in total. The Morgan fingerprint density at radius 3 is 2.44 bits per heavy atom. The number of nitrogens with one attached hydrogen (secondary N) is 2. The number of benzene rings is 3. The number of hydrogen-bond donors (Lipinski definition) is 3. The molecule has 0 saturated heterocycles. The van der Waals surface area contributed by atoms with Gasteiger partial charge < -0.3 is 35.0 Å². The maximum absolute atomic E-state index is 13.5. The van der Waals surface area contributed by atoms with Crippen molar-refractivity contribution >= 4 is 29.2 Å². The number of aliphatic hydroxyl groups is 1. The molecule has 0 unspecified atom stereocenters. The number of aliphatic hydroxyl groups excluding tert-OH is 1. The van der Waals surface area contributed by atoms with Crippen LogP contribution in [-0.4, -0.2) is 78.8 Å². The van der Waals surface area contributed by atoms with Gasteiger partial charge in [0.15, 0.2) is 0 Å². The summed E-state index contributed by atoms with van der Waals surface area (Å²) in [4.78, 5) is 42.5. The molecule has 3 aromatic carbocycles. The number of rotatable bonds is 9. The number of amides is 4. The Labute approximate surface area is 252 Å². The van der Waals surface area contributed by atoms with Crippen molar-refractivity contribution in [2.45, 2.75) is 38.8 Å². The molecule has 3 aromatic rings. The van der Waals surface area contributed by atoms with E-state index in [-0.39, 0.29) is 49.8 Å². The van der Waals surface area contributed by atoms with Gasteiger partial charge in [0.2, 0.25) is 11.8 Å². The highest BCUT2D eigenvalue weighted by molar-refractivity contribution is 5.93. The van der Waals surface area contributed by atoms with Crippen molar-refractivity contribution in [3.63, 3.8) is 0 Å². The number of nitrogens with zero attached hydrogens (tertiary/aromatic N) is 2. The molecule has 0 spiro atoms. The molecule has 0 radical (unpaired) electrons. The number of methoxy groups -OCH3 is 1. The number of urea groups is 1. The third-order valence-electron chi connectivity index (χ3n) is 7.55. The second kappa shape index (κ2) is 14.6. The quantitative estimate of drug-likeness (QED) is 0.345. The van der Waals surface area contributed by atoms with Crippen molar-refractivity contribution in [3.8, 4) is 11.5 Å². The van der Waals surface area contributed by atoms with Gasteiger partial charge in [0.25, 0.3) is 0 Å². The third kappa shape index (κ3) is 8.48. The molecular formula is C33H40N4O6. The van der Waals surface area contributed by atoms with Gasteiger partial charge in [-0.15, -0.1) is 0 Å². The molecule has 1 aliphatic heterocycles. The molecule has 43 heavy (non-hydrogen) atoms. The summed E-state index contributed by atoms with van der Waals surface area (Å²) in [6.07, 6.45) is -0.210. The van der Waals surface area contributed by atoms with E-state index in [4.69, 9.17) is 9.47 Å². The Bertz CT molecular complexity index is 1400. The molecular weight excluding hydrogens is 548 g/mol. The van der Waals surface area contributed by atoms with E-state index in [2.05, 4.69) is 10.6 Å². The summed E-state index contributed by atoms with van der Waals surface area (Å²) in [7, 11) is 3.27. The fourth-order valence-electron chi connectivity index (χ4n) is 4.96. The highest BCUT2D eigenvalue weighted by atomic mass is 16.5. The van der Waals surface area contributed by atoms with E-state index >= 15 is 0 Å². The van der Waals surface area contributed by atoms with Gasteiger partial charge in [-0.1, -0.05) is 37.3 Å². The van der Waals surface area contributed by atoms with Crippen molar-refractivity contribution in [1.82, 2.24) is 9.80 Å². The maximum Gasteiger partial charge on any atom is 0.321 e. The van der Waals surface area contributed by atoms with Crippen LogP contribution in [0.15, 0.2) is 72.8 Å². The van der Waals surface area contributed by atoms with Crippen molar-refractivity contribution in [1.29, 1.82) is 0 Å². The van der Waals surface area contributed by atoms with E-state index < -0.39 is 12.1 Å². The molecule has 0 fully saturated rings. The molecule has 4 amide bonds. The molecule has 0 aromatic heterocycles. The Morgan fingerprint density at radius 1 is 1.07 bits per heavy atom. The Balaban J connectivity index is 1.54. The fraction of sp³-hybridized carbons (Fsp3) is 0.364. The van der Waals surface area contributed by atoms with Gasteiger partial charge in [0, 0.05) is 36.4 Å². The summed E-state index contributed by atoms with van der Waals surface area (Å²) in [5.41, 5.74) is 2.69. The lowest BCUT2D eigenvalue weighted by molar-refractivity contribution is -0.134. The molecule has 0 saturated carbocycles. The highest BCUT2D eigenvalue weighted by Crippen LogP contribution is 2.29. The SMILES string of the molecule is COc1ccc(NC(=O)N(C)C[C@@H]2Oc3ccc(NC(=O)Cc4ccccc4)cc3CC(=O)N([C@@H](C)CO)C[C@H]2C)cc1. The van der Waals surface area contributed by atoms with Crippen LogP contribution in [0.3, 0.4) is 0 Å². The Morgan fingerprint density at radius 2 is 1.77 bits per heavy atom. The van der Waals surface area contributed by atoms with Crippen molar-refractivity contribution in [3.05, 3.63) is 83.9 Å². The number of hydrogen-bond acceptors (Lipinski definition) is 6. The normalized spacial score (nSPS) is 17.3. The van der Waals surface area contributed by atoms with Crippen molar-refractivity contribution in [2.24, 2.45) is 5.92 Å². The standard InChI is InChI=1S/C33H40N4O6/c1-22-19-37(23(2)21-38)32(40)18-25-17-27(34-31(39)16-24-8-6-5-7-9-24)12-15-29(25)43-30(22)20-36(3)33(41)35-26-10-13-28(42-4)14-11-26/h5-15,17,22-23,30,38H,16,18-21H2,1-4H3,(H,34,39)(H,35,41)/t22-,23+,30+/m1/s1. The minimum absolute atomic E-state index is 0.0370. The zero-order valence-electron chi connectivity index (χ0n) is 25.1. The summed E-state index contributed by atoms with van der Waals surface area (Å²) in [6.45, 7) is 4.17. The molecule has 1 heterocycles. The zero-order chi connectivity index (χ0) is 30.9. The monoisotopic (exact) mass is 588 g/mol. The van der Waals surface area contributed by atoms with Crippen LogP contribution in [0, 0.1) is 5.92 Å². The van der Waals surface area contributed by atoms with Crippen molar-refractivity contribution < 1.29 is 29.0 Å². The van der Waals surface area contributed by atoms with E-state index in [0.717, 1.165) is 5.56 Å². The van der Waals surface area contributed by atoms with E-state index in [1.54, 1.807) is 73.3 Å². The fourth-order valence-corrected chi connectivity index (χ4v) is 4.96. The molecule has 0 bridgehead atoms. The summed E-state index contributed by atoms with van der Waals surface area (Å²) in [6, 6.07) is 21.1. The van der Waals surface area contributed by atoms with Crippen LogP contribution in [0.1, 0.15) is 25.0 Å². The minimum atomic E-state index is -0.469. The van der Waals surface area contributed by atoms with Gasteiger partial charge in [-0.25, -0.2) is 4.79 Å². The van der Waals surface area contributed by atoms with E-state index in [1.165, 1.54) is 0 Å². The summed E-state index contributed by atoms with van der Waals surface area (Å²) in [5, 5.41) is 15.7. The zero-order valence-corrected chi connectivity index (χ0v) is 25.1. The van der Waals surface area contributed by atoms with E-state index in [1.807, 2.05) is 37.3 Å². The predicted molar refractivity (Wildman–Crippen MR) is 165 cm³/mol. The number of likely N-dealkylation sites (N-methyl/N-ethyl adjacent to an activating group) is 1. The molecule has 4 rings (SSSR count). The molecule has 3 atom stereocenters. The van der Waals surface area contributed by atoms with Crippen LogP contribution >= 0.6 is 0 Å². The first-order valence-electron chi connectivity index (χ1n) is 14.4.